The van der Waals surface area contributed by atoms with Crippen LogP contribution in [0.25, 0.3) is 0 Å². The highest BCUT2D eigenvalue weighted by Crippen LogP contribution is 2.27. The third-order valence-corrected chi connectivity index (χ3v) is 2.76. The smallest absolute Gasteiger partial charge is 0.359 e. The van der Waals surface area contributed by atoms with Gasteiger partial charge in [0.2, 0.25) is 6.29 Å². The summed E-state index contributed by atoms with van der Waals surface area (Å²) < 4.78 is 0. The lowest BCUT2D eigenvalue weighted by molar-refractivity contribution is -0.651. The third-order valence-electron chi connectivity index (χ3n) is 2.76. The minimum absolute atomic E-state index is 0.195. The zero-order valence-corrected chi connectivity index (χ0v) is 11.1. The van der Waals surface area contributed by atoms with Gasteiger partial charge in [0.1, 0.15) is 0 Å². The highest BCUT2D eigenvalue weighted by molar-refractivity contribution is 5.23. The van der Waals surface area contributed by atoms with Gasteiger partial charge in [0.15, 0.2) is 0 Å². The van der Waals surface area contributed by atoms with Gasteiger partial charge >= 0.3 is 11.6 Å². The van der Waals surface area contributed by atoms with Gasteiger partial charge in [-0.3, -0.25) is 20.2 Å². The highest BCUT2D eigenvalue weighted by atomic mass is 16.7. The number of aliphatic hydroxyl groups excluding tert-OH is 3. The number of nitro groups is 2. The maximum Gasteiger partial charge on any atom is 0.359 e. The van der Waals surface area contributed by atoms with Gasteiger partial charge in [-0.1, -0.05) is 12.2 Å². The SMILES string of the molecule is O=[N+]([O-])C1C=CC=CC1(C(O)O)[N+](=O)[O-].OCCCCO. The molecule has 4 N–H and O–H groups in total. The summed E-state index contributed by atoms with van der Waals surface area (Å²) >= 11 is 0. The quantitative estimate of drug-likeness (QED) is 0.206. The Bertz CT molecular complexity index is 405. The Hall–Kier alpha value is -1.88. The summed E-state index contributed by atoms with van der Waals surface area (Å²) in [5.74, 6) is 0. The van der Waals surface area contributed by atoms with Gasteiger partial charge in [-0.25, -0.2) is 0 Å². The Labute approximate surface area is 119 Å². The molecule has 0 aromatic heterocycles. The van der Waals surface area contributed by atoms with Crippen molar-refractivity contribution in [2.45, 2.75) is 30.7 Å². The van der Waals surface area contributed by atoms with Crippen LogP contribution in [0.4, 0.5) is 0 Å². The number of hydrogen-bond donors (Lipinski definition) is 4. The van der Waals surface area contributed by atoms with Crippen LogP contribution in [0.1, 0.15) is 12.8 Å². The zero-order chi connectivity index (χ0) is 16.5. The largest absolute Gasteiger partial charge is 0.396 e. The predicted octanol–water partition coefficient (Wildman–Crippen LogP) is -1.16. The molecule has 0 saturated heterocycles. The fourth-order valence-electron chi connectivity index (χ4n) is 1.60. The highest BCUT2D eigenvalue weighted by Gasteiger charge is 2.61. The molecule has 1 aliphatic rings. The molecule has 0 heterocycles. The average molecular weight is 306 g/mol. The van der Waals surface area contributed by atoms with Crippen LogP contribution in [0.2, 0.25) is 0 Å². The number of aliphatic hydroxyl groups is 4. The van der Waals surface area contributed by atoms with Crippen molar-refractivity contribution in [2.75, 3.05) is 13.2 Å². The van der Waals surface area contributed by atoms with Crippen LogP contribution in [0.3, 0.4) is 0 Å². The molecule has 0 fully saturated rings. The van der Waals surface area contributed by atoms with E-state index in [9.17, 15) is 20.2 Å². The van der Waals surface area contributed by atoms with Crippen LogP contribution in [0.5, 0.6) is 0 Å². The molecule has 0 amide bonds. The molecule has 2 atom stereocenters. The maximum absolute atomic E-state index is 10.7. The van der Waals surface area contributed by atoms with Gasteiger partial charge in [0.05, 0.1) is 0 Å². The fourth-order valence-corrected chi connectivity index (χ4v) is 1.60. The molecule has 1 aliphatic carbocycles. The second-order valence-electron chi connectivity index (χ2n) is 4.15. The summed E-state index contributed by atoms with van der Waals surface area (Å²) in [6, 6.07) is -1.79. The molecular weight excluding hydrogens is 288 g/mol. The van der Waals surface area contributed by atoms with E-state index < -0.39 is 27.7 Å². The molecule has 120 valence electrons. The van der Waals surface area contributed by atoms with Crippen LogP contribution in [-0.4, -0.2) is 61.4 Å². The Morgan fingerprint density at radius 3 is 1.90 bits per heavy atom. The van der Waals surface area contributed by atoms with Crippen molar-refractivity contribution in [3.8, 4) is 0 Å². The Morgan fingerprint density at radius 1 is 1.10 bits per heavy atom. The molecule has 10 nitrogen and oxygen atoms in total. The van der Waals surface area contributed by atoms with E-state index in [0.717, 1.165) is 25.0 Å². The standard InChI is InChI=1S/C7H8N2O6.C4H10O2/c10-6(11)7(9(14)15)4-2-1-3-5(7)8(12)13;5-3-1-2-4-6/h1-6,10-11H;5-6H,1-4H2. The molecule has 21 heavy (non-hydrogen) atoms. The molecule has 0 spiro atoms. The maximum atomic E-state index is 10.7. The molecule has 0 saturated carbocycles. The van der Waals surface area contributed by atoms with Gasteiger partial charge in [-0.2, -0.15) is 0 Å². The number of unbranched alkanes of at least 4 members (excludes halogenated alkanes) is 1. The van der Waals surface area contributed by atoms with E-state index in [1.165, 1.54) is 12.2 Å². The lowest BCUT2D eigenvalue weighted by atomic mass is 9.86. The van der Waals surface area contributed by atoms with E-state index in [1.54, 1.807) is 0 Å². The van der Waals surface area contributed by atoms with E-state index >= 15 is 0 Å². The van der Waals surface area contributed by atoms with Crippen LogP contribution in [0.15, 0.2) is 24.3 Å². The molecule has 1 rings (SSSR count). The van der Waals surface area contributed by atoms with Gasteiger partial charge in [0, 0.05) is 29.1 Å². The van der Waals surface area contributed by atoms with Gasteiger partial charge in [0.25, 0.3) is 0 Å². The summed E-state index contributed by atoms with van der Waals surface area (Å²) in [6.07, 6.45) is 3.17. The minimum atomic E-state index is -2.52. The van der Waals surface area contributed by atoms with Crippen LogP contribution in [-0.2, 0) is 0 Å². The molecular formula is C11H18N2O8. The minimum Gasteiger partial charge on any atom is -0.396 e. The number of rotatable bonds is 6. The van der Waals surface area contributed by atoms with E-state index in [2.05, 4.69) is 0 Å². The van der Waals surface area contributed by atoms with Gasteiger partial charge in [-0.05, 0) is 18.9 Å². The van der Waals surface area contributed by atoms with Gasteiger partial charge < -0.3 is 20.4 Å². The summed E-state index contributed by atoms with van der Waals surface area (Å²) in [4.78, 5) is 19.3. The molecule has 10 heteroatoms. The second-order valence-corrected chi connectivity index (χ2v) is 4.15. The summed E-state index contributed by atoms with van der Waals surface area (Å²) in [5, 5.41) is 55.4. The van der Waals surface area contributed by atoms with E-state index in [1.807, 2.05) is 0 Å². The zero-order valence-electron chi connectivity index (χ0n) is 11.1. The van der Waals surface area contributed by atoms with E-state index in [0.29, 0.717) is 0 Å². The normalized spacial score (nSPS) is 23.6. The summed E-state index contributed by atoms with van der Waals surface area (Å²) in [7, 11) is 0. The molecule has 2 unspecified atom stereocenters. The monoisotopic (exact) mass is 306 g/mol. The van der Waals surface area contributed by atoms with Crippen LogP contribution >= 0.6 is 0 Å². The Kier molecular flexibility index (Phi) is 8.31. The lowest BCUT2D eigenvalue weighted by Crippen LogP contribution is -2.59. The first-order valence-electron chi connectivity index (χ1n) is 6.06. The summed E-state index contributed by atoms with van der Waals surface area (Å²) in [5.41, 5.74) is -2.52. The first-order chi connectivity index (χ1) is 9.84. The molecule has 0 aromatic rings. The number of hydrogen-bond acceptors (Lipinski definition) is 8. The van der Waals surface area contributed by atoms with E-state index in [-0.39, 0.29) is 13.2 Å². The first kappa shape index (κ1) is 19.1. The number of nitrogens with zero attached hydrogens (tertiary/aromatic N) is 2. The summed E-state index contributed by atoms with van der Waals surface area (Å²) in [6.45, 7) is 0.390. The third kappa shape index (κ3) is 4.86. The van der Waals surface area contributed by atoms with Crippen LogP contribution in [0, 0.1) is 20.2 Å². The fraction of sp³-hybridized carbons (Fsp3) is 0.636. The number of allylic oxidation sites excluding steroid dienone is 2. The lowest BCUT2D eigenvalue weighted by Gasteiger charge is -2.25. The van der Waals surface area contributed by atoms with Crippen LogP contribution < -0.4 is 0 Å². The van der Waals surface area contributed by atoms with Crippen molar-refractivity contribution in [1.82, 2.24) is 0 Å². The van der Waals surface area contributed by atoms with Crippen molar-refractivity contribution >= 4 is 0 Å². The Morgan fingerprint density at radius 2 is 1.62 bits per heavy atom. The van der Waals surface area contributed by atoms with Crippen molar-refractivity contribution < 1.29 is 30.3 Å². The van der Waals surface area contributed by atoms with Gasteiger partial charge in [-0.15, -0.1) is 0 Å². The Balaban J connectivity index is 0.000000567. The molecule has 0 bridgehead atoms. The average Bonchev–Trinajstić information content (AvgIpc) is 2.45. The van der Waals surface area contributed by atoms with Crippen molar-refractivity contribution in [2.24, 2.45) is 0 Å². The second kappa shape index (κ2) is 9.13. The van der Waals surface area contributed by atoms with E-state index in [4.69, 9.17) is 20.4 Å². The topological polar surface area (TPSA) is 167 Å². The predicted molar refractivity (Wildman–Crippen MR) is 70.4 cm³/mol. The van der Waals surface area contributed by atoms with Crippen molar-refractivity contribution in [3.63, 3.8) is 0 Å². The molecule has 0 radical (unpaired) electrons. The molecule has 0 aromatic carbocycles. The molecule has 0 aliphatic heterocycles. The van der Waals surface area contributed by atoms with Crippen molar-refractivity contribution in [1.29, 1.82) is 0 Å². The van der Waals surface area contributed by atoms with Crippen molar-refractivity contribution in [3.05, 3.63) is 44.5 Å². The first-order valence-corrected chi connectivity index (χ1v) is 6.06.